The third kappa shape index (κ3) is 2.81. The van der Waals surface area contributed by atoms with Gasteiger partial charge in [-0.15, -0.1) is 0 Å². The summed E-state index contributed by atoms with van der Waals surface area (Å²) in [6.45, 7) is 9.22. The monoisotopic (exact) mass is 208 g/mol. The molecule has 0 unspecified atom stereocenters. The molecule has 84 valence electrons. The van der Waals surface area contributed by atoms with E-state index in [4.69, 9.17) is 5.73 Å². The second kappa shape index (κ2) is 4.04. The summed E-state index contributed by atoms with van der Waals surface area (Å²) >= 11 is 0. The topological polar surface area (TPSA) is 55.0 Å². The van der Waals surface area contributed by atoms with E-state index in [9.17, 15) is 0 Å². The Labute approximate surface area is 91.5 Å². The van der Waals surface area contributed by atoms with Crippen molar-refractivity contribution in [1.82, 2.24) is 9.97 Å². The number of aromatic nitrogens is 2. The van der Waals surface area contributed by atoms with Crippen LogP contribution in [-0.4, -0.2) is 23.6 Å². The Bertz CT molecular complexity index is 341. The van der Waals surface area contributed by atoms with Crippen LogP contribution in [0.1, 0.15) is 33.5 Å². The summed E-state index contributed by atoms with van der Waals surface area (Å²) in [6, 6.07) is 1.80. The number of nitrogens with two attached hydrogens (primary N) is 1. The van der Waals surface area contributed by atoms with E-state index in [1.807, 2.05) is 11.9 Å². The molecule has 0 aliphatic heterocycles. The lowest BCUT2D eigenvalue weighted by molar-refractivity contribution is 0.546. The summed E-state index contributed by atoms with van der Waals surface area (Å²) in [5.41, 5.74) is 5.70. The second-order valence-electron chi connectivity index (χ2n) is 4.74. The third-order valence-corrected chi connectivity index (χ3v) is 2.27. The number of hydrogen-bond donors (Lipinski definition) is 1. The van der Waals surface area contributed by atoms with Crippen molar-refractivity contribution in [2.75, 3.05) is 24.2 Å². The highest BCUT2D eigenvalue weighted by Gasteiger charge is 2.19. The van der Waals surface area contributed by atoms with E-state index in [0.717, 1.165) is 18.2 Å². The van der Waals surface area contributed by atoms with Crippen LogP contribution in [0.25, 0.3) is 0 Å². The van der Waals surface area contributed by atoms with Crippen LogP contribution in [0.15, 0.2) is 6.07 Å². The van der Waals surface area contributed by atoms with Gasteiger partial charge in [0.1, 0.15) is 17.5 Å². The minimum atomic E-state index is -0.0707. The van der Waals surface area contributed by atoms with Crippen molar-refractivity contribution in [2.24, 2.45) is 0 Å². The molecule has 0 fully saturated rings. The molecule has 0 spiro atoms. The highest BCUT2D eigenvalue weighted by Crippen LogP contribution is 2.22. The van der Waals surface area contributed by atoms with Gasteiger partial charge >= 0.3 is 0 Å². The Hall–Kier alpha value is -1.32. The smallest absolute Gasteiger partial charge is 0.138 e. The van der Waals surface area contributed by atoms with Crippen LogP contribution in [0, 0.1) is 0 Å². The molecular weight excluding hydrogens is 188 g/mol. The first-order valence-corrected chi connectivity index (χ1v) is 5.20. The van der Waals surface area contributed by atoms with Gasteiger partial charge in [0.25, 0.3) is 0 Å². The normalized spacial score (nSPS) is 11.5. The summed E-state index contributed by atoms with van der Waals surface area (Å²) in [7, 11) is 1.99. The van der Waals surface area contributed by atoms with Gasteiger partial charge in [-0.25, -0.2) is 9.97 Å². The Morgan fingerprint density at radius 1 is 1.33 bits per heavy atom. The SMILES string of the molecule is CCN(C)c1cc(N)nc(C(C)(C)C)n1. The predicted octanol–water partition coefficient (Wildman–Crippen LogP) is 1.81. The van der Waals surface area contributed by atoms with Crippen LogP contribution in [0.3, 0.4) is 0 Å². The molecule has 1 aromatic heterocycles. The molecule has 4 heteroatoms. The molecule has 0 atom stereocenters. The van der Waals surface area contributed by atoms with Gasteiger partial charge in [-0.1, -0.05) is 20.8 Å². The fourth-order valence-corrected chi connectivity index (χ4v) is 1.15. The first-order chi connectivity index (χ1) is 6.84. The van der Waals surface area contributed by atoms with Crippen LogP contribution in [0.4, 0.5) is 11.6 Å². The van der Waals surface area contributed by atoms with E-state index in [2.05, 4.69) is 37.7 Å². The summed E-state index contributed by atoms with van der Waals surface area (Å²) in [6.07, 6.45) is 0. The first-order valence-electron chi connectivity index (χ1n) is 5.20. The maximum atomic E-state index is 5.77. The fourth-order valence-electron chi connectivity index (χ4n) is 1.15. The third-order valence-electron chi connectivity index (χ3n) is 2.27. The predicted molar refractivity (Wildman–Crippen MR) is 64.1 cm³/mol. The highest BCUT2D eigenvalue weighted by molar-refractivity contribution is 5.46. The maximum Gasteiger partial charge on any atom is 0.138 e. The average molecular weight is 208 g/mol. The number of rotatable bonds is 2. The van der Waals surface area contributed by atoms with Gasteiger partial charge in [-0.05, 0) is 6.92 Å². The summed E-state index contributed by atoms with van der Waals surface area (Å²) in [5.74, 6) is 2.21. The summed E-state index contributed by atoms with van der Waals surface area (Å²) in [4.78, 5) is 10.8. The Morgan fingerprint density at radius 2 is 1.93 bits per heavy atom. The van der Waals surface area contributed by atoms with E-state index in [0.29, 0.717) is 5.82 Å². The minimum absolute atomic E-state index is 0.0707. The van der Waals surface area contributed by atoms with Gasteiger partial charge in [-0.2, -0.15) is 0 Å². The number of anilines is 2. The molecule has 1 aromatic rings. The zero-order chi connectivity index (χ0) is 11.6. The van der Waals surface area contributed by atoms with Crippen LogP contribution in [0.2, 0.25) is 0 Å². The van der Waals surface area contributed by atoms with E-state index in [1.165, 1.54) is 0 Å². The van der Waals surface area contributed by atoms with E-state index in [-0.39, 0.29) is 5.41 Å². The summed E-state index contributed by atoms with van der Waals surface area (Å²) < 4.78 is 0. The molecule has 0 aliphatic rings. The zero-order valence-electron chi connectivity index (χ0n) is 10.2. The maximum absolute atomic E-state index is 5.77. The molecule has 0 amide bonds. The standard InChI is InChI=1S/C11H20N4/c1-6-15(5)9-7-8(12)13-10(14-9)11(2,3)4/h7H,6H2,1-5H3,(H2,12,13,14). The number of nitrogens with zero attached hydrogens (tertiary/aromatic N) is 3. The second-order valence-corrected chi connectivity index (χ2v) is 4.74. The minimum Gasteiger partial charge on any atom is -0.384 e. The van der Waals surface area contributed by atoms with E-state index < -0.39 is 0 Å². The van der Waals surface area contributed by atoms with Gasteiger partial charge < -0.3 is 10.6 Å². The molecule has 1 heterocycles. The molecule has 0 saturated heterocycles. The quantitative estimate of drug-likeness (QED) is 0.805. The van der Waals surface area contributed by atoms with Crippen LogP contribution < -0.4 is 10.6 Å². The molecule has 0 aromatic carbocycles. The van der Waals surface area contributed by atoms with Crippen molar-refractivity contribution in [3.8, 4) is 0 Å². The molecule has 2 N–H and O–H groups in total. The molecular formula is C11H20N4. The molecule has 0 radical (unpaired) electrons. The van der Waals surface area contributed by atoms with Gasteiger partial charge in [0, 0.05) is 25.1 Å². The van der Waals surface area contributed by atoms with Crippen molar-refractivity contribution in [3.63, 3.8) is 0 Å². The first kappa shape index (κ1) is 11.8. The fraction of sp³-hybridized carbons (Fsp3) is 0.636. The number of hydrogen-bond acceptors (Lipinski definition) is 4. The van der Waals surface area contributed by atoms with Gasteiger partial charge in [0.05, 0.1) is 0 Å². The molecule has 15 heavy (non-hydrogen) atoms. The van der Waals surface area contributed by atoms with Crippen LogP contribution >= 0.6 is 0 Å². The molecule has 0 aliphatic carbocycles. The molecule has 1 rings (SSSR count). The van der Waals surface area contributed by atoms with E-state index >= 15 is 0 Å². The lowest BCUT2D eigenvalue weighted by atomic mass is 9.96. The van der Waals surface area contributed by atoms with Crippen LogP contribution in [-0.2, 0) is 5.41 Å². The molecule has 4 nitrogen and oxygen atoms in total. The van der Waals surface area contributed by atoms with Crippen molar-refractivity contribution in [1.29, 1.82) is 0 Å². The van der Waals surface area contributed by atoms with Gasteiger partial charge in [0.15, 0.2) is 0 Å². The van der Waals surface area contributed by atoms with Crippen molar-refractivity contribution >= 4 is 11.6 Å². The number of nitrogen functional groups attached to an aromatic ring is 1. The lowest BCUT2D eigenvalue weighted by Crippen LogP contribution is -2.22. The molecule has 0 bridgehead atoms. The Kier molecular flexibility index (Phi) is 3.17. The Balaban J connectivity index is 3.17. The van der Waals surface area contributed by atoms with Crippen molar-refractivity contribution in [3.05, 3.63) is 11.9 Å². The van der Waals surface area contributed by atoms with Gasteiger partial charge in [-0.3, -0.25) is 0 Å². The van der Waals surface area contributed by atoms with E-state index in [1.54, 1.807) is 6.07 Å². The van der Waals surface area contributed by atoms with Gasteiger partial charge in [0.2, 0.25) is 0 Å². The summed E-state index contributed by atoms with van der Waals surface area (Å²) in [5, 5.41) is 0. The molecule has 0 saturated carbocycles. The highest BCUT2D eigenvalue weighted by atomic mass is 15.2. The van der Waals surface area contributed by atoms with Crippen molar-refractivity contribution in [2.45, 2.75) is 33.1 Å². The largest absolute Gasteiger partial charge is 0.384 e. The Morgan fingerprint density at radius 3 is 2.40 bits per heavy atom. The van der Waals surface area contributed by atoms with Crippen molar-refractivity contribution < 1.29 is 0 Å². The van der Waals surface area contributed by atoms with Crippen LogP contribution in [0.5, 0.6) is 0 Å². The average Bonchev–Trinajstić information content (AvgIpc) is 2.14. The zero-order valence-corrected chi connectivity index (χ0v) is 10.2. The lowest BCUT2D eigenvalue weighted by Gasteiger charge is -2.21.